The summed E-state index contributed by atoms with van der Waals surface area (Å²) in [6.07, 6.45) is 0.225. The number of primary amides is 1. The van der Waals surface area contributed by atoms with Gasteiger partial charge in [0.25, 0.3) is 0 Å². The largest absolute Gasteiger partial charge is 0.368 e. The fraction of sp³-hybridized carbons (Fsp3) is 0.600. The van der Waals surface area contributed by atoms with Gasteiger partial charge in [-0.1, -0.05) is 0 Å². The van der Waals surface area contributed by atoms with Gasteiger partial charge in [0, 0.05) is 0 Å². The van der Waals surface area contributed by atoms with Crippen molar-refractivity contribution in [2.24, 2.45) is 5.73 Å². The fourth-order valence-corrected chi connectivity index (χ4v) is 0.759. The van der Waals surface area contributed by atoms with Crippen LogP contribution in [0.2, 0.25) is 0 Å². The molecule has 0 bridgehead atoms. The van der Waals surface area contributed by atoms with E-state index >= 15 is 0 Å². The Balaban J connectivity index is 2.60. The lowest BCUT2D eigenvalue weighted by Crippen LogP contribution is -2.65. The van der Waals surface area contributed by atoms with Crippen LogP contribution in [-0.2, 0) is 9.59 Å². The molecule has 0 aromatic rings. The normalized spacial score (nSPS) is 32.8. The number of β-lactam (4-membered cyclic amide) rings is 1. The first-order valence-electron chi connectivity index (χ1n) is 2.65. The topological polar surface area (TPSA) is 72.2 Å². The van der Waals surface area contributed by atoms with Gasteiger partial charge in [0.05, 0.1) is 6.42 Å². The van der Waals surface area contributed by atoms with Crippen LogP contribution in [0.1, 0.15) is 13.3 Å². The van der Waals surface area contributed by atoms with Crippen molar-refractivity contribution in [1.29, 1.82) is 0 Å². The summed E-state index contributed by atoms with van der Waals surface area (Å²) in [5, 5.41) is 2.41. The molecular formula is C5H8N2O2. The van der Waals surface area contributed by atoms with Crippen LogP contribution in [0, 0.1) is 0 Å². The molecule has 0 saturated carbocycles. The van der Waals surface area contributed by atoms with Gasteiger partial charge in [-0.05, 0) is 6.92 Å². The molecule has 0 aromatic heterocycles. The van der Waals surface area contributed by atoms with E-state index in [1.165, 1.54) is 0 Å². The molecular weight excluding hydrogens is 120 g/mol. The molecule has 1 saturated heterocycles. The minimum absolute atomic E-state index is 0.115. The number of carbonyl (C=O) groups excluding carboxylic acids is 2. The van der Waals surface area contributed by atoms with Gasteiger partial charge in [0.1, 0.15) is 5.54 Å². The summed E-state index contributed by atoms with van der Waals surface area (Å²) < 4.78 is 0. The van der Waals surface area contributed by atoms with E-state index in [1.807, 2.05) is 0 Å². The van der Waals surface area contributed by atoms with E-state index in [1.54, 1.807) is 6.92 Å². The van der Waals surface area contributed by atoms with E-state index in [0.717, 1.165) is 0 Å². The molecule has 4 heteroatoms. The average molecular weight is 128 g/mol. The molecule has 4 nitrogen and oxygen atoms in total. The first kappa shape index (κ1) is 6.07. The SMILES string of the molecule is CC1(C(N)=O)CC(=O)N1. The Kier molecular flexibility index (Phi) is 0.986. The average Bonchev–Trinajstić information content (AvgIpc) is 1.62. The van der Waals surface area contributed by atoms with Crippen LogP contribution in [0.5, 0.6) is 0 Å². The number of nitrogens with two attached hydrogens (primary N) is 1. The molecule has 1 heterocycles. The maximum atomic E-state index is 10.5. The third kappa shape index (κ3) is 0.759. The summed E-state index contributed by atoms with van der Waals surface area (Å²) in [6.45, 7) is 1.61. The number of hydrogen-bond donors (Lipinski definition) is 2. The van der Waals surface area contributed by atoms with Gasteiger partial charge in [-0.2, -0.15) is 0 Å². The quantitative estimate of drug-likeness (QED) is 0.433. The van der Waals surface area contributed by atoms with Crippen LogP contribution in [0.3, 0.4) is 0 Å². The lowest BCUT2D eigenvalue weighted by molar-refractivity contribution is -0.141. The third-order valence-corrected chi connectivity index (χ3v) is 1.47. The molecule has 1 aliphatic rings. The molecule has 3 N–H and O–H groups in total. The maximum Gasteiger partial charge on any atom is 0.243 e. The van der Waals surface area contributed by atoms with Crippen molar-refractivity contribution in [3.8, 4) is 0 Å². The van der Waals surface area contributed by atoms with Gasteiger partial charge in [-0.15, -0.1) is 0 Å². The lowest BCUT2D eigenvalue weighted by atomic mass is 9.89. The standard InChI is InChI=1S/C5H8N2O2/c1-5(4(6)9)2-3(8)7-5/h2H2,1H3,(H2,6,9)(H,7,8). The second-order valence-corrected chi connectivity index (χ2v) is 2.42. The molecule has 0 spiro atoms. The van der Waals surface area contributed by atoms with E-state index in [4.69, 9.17) is 5.73 Å². The third-order valence-electron chi connectivity index (χ3n) is 1.47. The number of rotatable bonds is 1. The first-order chi connectivity index (χ1) is 4.04. The molecule has 0 aromatic carbocycles. The zero-order chi connectivity index (χ0) is 7.07. The zero-order valence-corrected chi connectivity index (χ0v) is 5.10. The zero-order valence-electron chi connectivity index (χ0n) is 5.10. The van der Waals surface area contributed by atoms with Crippen molar-refractivity contribution in [2.75, 3.05) is 0 Å². The second-order valence-electron chi connectivity index (χ2n) is 2.42. The minimum atomic E-state index is -0.767. The predicted molar refractivity (Wildman–Crippen MR) is 30.4 cm³/mol. The van der Waals surface area contributed by atoms with E-state index in [0.29, 0.717) is 0 Å². The summed E-state index contributed by atoms with van der Waals surface area (Å²) in [5.74, 6) is -0.585. The summed E-state index contributed by atoms with van der Waals surface area (Å²) in [6, 6.07) is 0. The van der Waals surface area contributed by atoms with Crippen molar-refractivity contribution < 1.29 is 9.59 Å². The molecule has 9 heavy (non-hydrogen) atoms. The van der Waals surface area contributed by atoms with Gasteiger partial charge >= 0.3 is 0 Å². The van der Waals surface area contributed by atoms with E-state index in [9.17, 15) is 9.59 Å². The Hall–Kier alpha value is -1.06. The Morgan fingerprint density at radius 2 is 2.33 bits per heavy atom. The van der Waals surface area contributed by atoms with E-state index in [2.05, 4.69) is 5.32 Å². The van der Waals surface area contributed by atoms with Gasteiger partial charge in [-0.25, -0.2) is 0 Å². The van der Waals surface area contributed by atoms with Crippen LogP contribution in [0.25, 0.3) is 0 Å². The Labute approximate surface area is 52.4 Å². The van der Waals surface area contributed by atoms with E-state index < -0.39 is 11.4 Å². The van der Waals surface area contributed by atoms with Crippen molar-refractivity contribution in [3.05, 3.63) is 0 Å². The van der Waals surface area contributed by atoms with Crippen molar-refractivity contribution in [1.82, 2.24) is 5.32 Å². The summed E-state index contributed by atoms with van der Waals surface area (Å²) in [5.41, 5.74) is 4.17. The highest BCUT2D eigenvalue weighted by atomic mass is 16.2. The molecule has 1 rings (SSSR count). The molecule has 1 atom stereocenters. The smallest absolute Gasteiger partial charge is 0.243 e. The highest BCUT2D eigenvalue weighted by Gasteiger charge is 2.43. The summed E-state index contributed by atoms with van der Waals surface area (Å²) in [7, 11) is 0. The minimum Gasteiger partial charge on any atom is -0.368 e. The van der Waals surface area contributed by atoms with Crippen LogP contribution < -0.4 is 11.1 Å². The number of amides is 2. The van der Waals surface area contributed by atoms with Gasteiger partial charge in [-0.3, -0.25) is 9.59 Å². The number of nitrogens with one attached hydrogen (secondary N) is 1. The molecule has 50 valence electrons. The molecule has 1 unspecified atom stereocenters. The van der Waals surface area contributed by atoms with Crippen LogP contribution in [0.15, 0.2) is 0 Å². The molecule has 0 aliphatic carbocycles. The van der Waals surface area contributed by atoms with Crippen molar-refractivity contribution >= 4 is 11.8 Å². The number of carbonyl (C=O) groups is 2. The first-order valence-corrected chi connectivity index (χ1v) is 2.65. The predicted octanol–water partition coefficient (Wildman–Crippen LogP) is -1.25. The van der Waals surface area contributed by atoms with Crippen LogP contribution in [-0.4, -0.2) is 17.4 Å². The highest BCUT2D eigenvalue weighted by molar-refractivity contribution is 6.00. The highest BCUT2D eigenvalue weighted by Crippen LogP contribution is 2.17. The summed E-state index contributed by atoms with van der Waals surface area (Å²) in [4.78, 5) is 20.8. The molecule has 2 amide bonds. The van der Waals surface area contributed by atoms with E-state index in [-0.39, 0.29) is 12.3 Å². The van der Waals surface area contributed by atoms with Gasteiger partial charge in [0.2, 0.25) is 11.8 Å². The Morgan fingerprint density at radius 3 is 2.44 bits per heavy atom. The number of hydrogen-bond acceptors (Lipinski definition) is 2. The second kappa shape index (κ2) is 1.46. The Bertz CT molecular complexity index is 168. The van der Waals surface area contributed by atoms with Crippen LogP contribution >= 0.6 is 0 Å². The van der Waals surface area contributed by atoms with Gasteiger partial charge in [0.15, 0.2) is 0 Å². The van der Waals surface area contributed by atoms with Crippen LogP contribution in [0.4, 0.5) is 0 Å². The lowest BCUT2D eigenvalue weighted by Gasteiger charge is -2.35. The maximum absolute atomic E-state index is 10.5. The molecule has 0 radical (unpaired) electrons. The molecule has 1 aliphatic heterocycles. The fourth-order valence-electron chi connectivity index (χ4n) is 0.759. The van der Waals surface area contributed by atoms with Gasteiger partial charge < -0.3 is 11.1 Å². The monoisotopic (exact) mass is 128 g/mol. The van der Waals surface area contributed by atoms with Crippen molar-refractivity contribution in [3.63, 3.8) is 0 Å². The summed E-state index contributed by atoms with van der Waals surface area (Å²) >= 11 is 0. The Morgan fingerprint density at radius 1 is 1.89 bits per heavy atom. The van der Waals surface area contributed by atoms with Crippen molar-refractivity contribution in [2.45, 2.75) is 18.9 Å². The molecule has 1 fully saturated rings.